The van der Waals surface area contributed by atoms with E-state index >= 15 is 0 Å². The molecule has 0 aliphatic carbocycles. The number of carbonyl (C=O) groups excluding carboxylic acids is 1. The number of rotatable bonds is 9. The summed E-state index contributed by atoms with van der Waals surface area (Å²) in [4.78, 5) is 16.9. The molecule has 0 bridgehead atoms. The van der Waals surface area contributed by atoms with E-state index in [-0.39, 0.29) is 53.8 Å². The summed E-state index contributed by atoms with van der Waals surface area (Å²) >= 11 is 0. The molecule has 3 aromatic carbocycles. The number of carbonyl (C=O) groups is 1. The van der Waals surface area contributed by atoms with Crippen LogP contribution in [0.5, 0.6) is 0 Å². The Labute approximate surface area is 319 Å². The van der Waals surface area contributed by atoms with Crippen LogP contribution in [0.4, 0.5) is 0 Å². The number of pyridine rings is 2. The molecule has 6 aromatic rings. The number of hydrogen-bond donors (Lipinski definition) is 1. The minimum atomic E-state index is -0.319. The maximum absolute atomic E-state index is 12.0. The monoisotopic (exact) mass is 864 g/mol. The number of aryl methyl sites for hydroxylation is 1. The van der Waals surface area contributed by atoms with Crippen LogP contribution in [0.15, 0.2) is 60.5 Å². The molecule has 0 atom stereocenters. The van der Waals surface area contributed by atoms with Crippen molar-refractivity contribution in [1.29, 1.82) is 0 Å². The van der Waals surface area contributed by atoms with Gasteiger partial charge in [0, 0.05) is 54.7 Å². The second-order valence-electron chi connectivity index (χ2n) is 17.3. The van der Waals surface area contributed by atoms with Gasteiger partial charge in [-0.2, -0.15) is 0 Å². The Kier molecular flexibility index (Phi) is 12.2. The maximum atomic E-state index is 12.0. The molecular formula is C46H59IrN2O2-. The Bertz CT molecular complexity index is 2180. The van der Waals surface area contributed by atoms with Gasteiger partial charge < -0.3 is 14.5 Å². The van der Waals surface area contributed by atoms with Gasteiger partial charge in [0.25, 0.3) is 0 Å². The van der Waals surface area contributed by atoms with Gasteiger partial charge in [-0.05, 0) is 106 Å². The van der Waals surface area contributed by atoms with Crippen molar-refractivity contribution in [3.8, 4) is 0 Å². The Morgan fingerprint density at radius 1 is 0.843 bits per heavy atom. The third-order valence-corrected chi connectivity index (χ3v) is 10.7. The van der Waals surface area contributed by atoms with Gasteiger partial charge in [-0.3, -0.25) is 4.79 Å². The molecule has 51 heavy (non-hydrogen) atoms. The zero-order chi connectivity index (χ0) is 36.8. The SMILES string of the molecule is CCC(CC)/C(O)=C/C(=O)C(C)(CC)CC.Cc1[c-]c2c3nccc4cc(CC(C)(C)C)cc(c43)n3c4cc(CC(C)(C)C)ccc4c(c1)c23.[Ir]. The quantitative estimate of drug-likeness (QED) is 0.0518. The molecule has 1 radical (unpaired) electrons. The van der Waals surface area contributed by atoms with E-state index in [1.807, 2.05) is 40.8 Å². The third kappa shape index (κ3) is 8.36. The fraction of sp³-hybridized carbons (Fsp3) is 0.478. The third-order valence-electron chi connectivity index (χ3n) is 10.7. The second-order valence-corrected chi connectivity index (χ2v) is 17.3. The van der Waals surface area contributed by atoms with Gasteiger partial charge in [-0.1, -0.05) is 112 Å². The normalized spacial score (nSPS) is 13.1. The molecule has 5 heteroatoms. The van der Waals surface area contributed by atoms with Crippen molar-refractivity contribution in [3.63, 3.8) is 0 Å². The van der Waals surface area contributed by atoms with Crippen LogP contribution >= 0.6 is 0 Å². The Balaban J connectivity index is 0.000000294. The predicted molar refractivity (Wildman–Crippen MR) is 215 cm³/mol. The smallest absolute Gasteiger partial charge is 0.164 e. The largest absolute Gasteiger partial charge is 0.512 e. The molecule has 0 amide bonds. The fourth-order valence-corrected chi connectivity index (χ4v) is 7.57. The molecule has 1 N–H and O–H groups in total. The van der Waals surface area contributed by atoms with Crippen molar-refractivity contribution in [2.24, 2.45) is 22.2 Å². The summed E-state index contributed by atoms with van der Waals surface area (Å²) in [5.74, 6) is 0.437. The topological polar surface area (TPSA) is 54.6 Å². The number of allylic oxidation sites excluding steroid dienone is 2. The zero-order valence-corrected chi connectivity index (χ0v) is 35.5. The van der Waals surface area contributed by atoms with Crippen molar-refractivity contribution in [3.05, 3.63) is 83.3 Å². The van der Waals surface area contributed by atoms with Crippen LogP contribution in [0.2, 0.25) is 0 Å². The molecule has 275 valence electrons. The van der Waals surface area contributed by atoms with E-state index in [0.717, 1.165) is 55.0 Å². The van der Waals surface area contributed by atoms with Crippen molar-refractivity contribution in [2.75, 3.05) is 0 Å². The van der Waals surface area contributed by atoms with Crippen LogP contribution in [0.3, 0.4) is 0 Å². The average molecular weight is 864 g/mol. The Morgan fingerprint density at radius 3 is 2.04 bits per heavy atom. The van der Waals surface area contributed by atoms with Crippen LogP contribution in [0, 0.1) is 35.2 Å². The first-order valence-electron chi connectivity index (χ1n) is 18.8. The summed E-state index contributed by atoms with van der Waals surface area (Å²) in [7, 11) is 0. The Hall–Kier alpha value is -3.27. The Morgan fingerprint density at radius 2 is 1.45 bits per heavy atom. The molecule has 0 aliphatic rings. The first kappa shape index (κ1) is 40.5. The van der Waals surface area contributed by atoms with Crippen LogP contribution < -0.4 is 0 Å². The first-order chi connectivity index (χ1) is 23.4. The van der Waals surface area contributed by atoms with E-state index in [1.54, 1.807) is 0 Å². The average Bonchev–Trinajstić information content (AvgIpc) is 3.35. The minimum Gasteiger partial charge on any atom is -0.512 e. The summed E-state index contributed by atoms with van der Waals surface area (Å²) in [6.07, 6.45) is 8.89. The van der Waals surface area contributed by atoms with Crippen molar-refractivity contribution in [1.82, 2.24) is 9.38 Å². The summed E-state index contributed by atoms with van der Waals surface area (Å²) < 4.78 is 2.51. The second kappa shape index (κ2) is 15.4. The number of hydrogen-bond acceptors (Lipinski definition) is 3. The van der Waals surface area contributed by atoms with Crippen molar-refractivity contribution >= 4 is 54.8 Å². The van der Waals surface area contributed by atoms with Crippen LogP contribution in [-0.2, 0) is 37.7 Å². The summed E-state index contributed by atoms with van der Waals surface area (Å²) in [6.45, 7) is 26.1. The summed E-state index contributed by atoms with van der Waals surface area (Å²) in [5.41, 5.74) is 8.94. The van der Waals surface area contributed by atoms with Crippen molar-refractivity contribution < 1.29 is 30.0 Å². The maximum Gasteiger partial charge on any atom is 0.164 e. The standard InChI is InChI=1S/C32H33N2.C14H26O2.Ir/c1-19-12-24-23-9-8-20(17-31(2,3)4)15-26(23)34-27-16-21(18-32(5,6)7)14-22-10-11-33-29(28(22)27)25(13-19)30(24)34;1-6-11(7-2)12(15)10-13(16)14(5,8-3)9-4;/h8-12,14-16H,17-18H2,1-7H3;10-11,15H,6-9H2,1-5H3;/q-1;;/b;12-10-;. The van der Waals surface area contributed by atoms with E-state index in [0.29, 0.717) is 0 Å². The number of nitrogens with zero attached hydrogens (tertiary/aromatic N) is 2. The van der Waals surface area contributed by atoms with Gasteiger partial charge in [-0.15, -0.1) is 17.7 Å². The van der Waals surface area contributed by atoms with Gasteiger partial charge in [0.15, 0.2) is 5.78 Å². The van der Waals surface area contributed by atoms with Gasteiger partial charge in [0.1, 0.15) is 0 Å². The molecular weight excluding hydrogens is 805 g/mol. The summed E-state index contributed by atoms with van der Waals surface area (Å²) in [5, 5.41) is 16.1. The molecule has 0 saturated heterocycles. The number of fused-ring (bicyclic) bond motifs is 5. The number of aliphatic hydroxyl groups excluding tert-OH is 1. The van der Waals surface area contributed by atoms with Crippen LogP contribution in [-0.4, -0.2) is 20.3 Å². The van der Waals surface area contributed by atoms with Crippen LogP contribution in [0.1, 0.15) is 119 Å². The zero-order valence-electron chi connectivity index (χ0n) is 33.1. The molecule has 0 saturated carbocycles. The van der Waals surface area contributed by atoms with E-state index in [2.05, 4.69) is 101 Å². The number of aromatic nitrogens is 2. The number of benzene rings is 3. The fourth-order valence-electron chi connectivity index (χ4n) is 7.57. The molecule has 0 spiro atoms. The minimum absolute atomic E-state index is 0. The van der Waals surface area contributed by atoms with E-state index in [4.69, 9.17) is 4.98 Å². The number of aliphatic hydroxyl groups is 1. The van der Waals surface area contributed by atoms with Gasteiger partial charge >= 0.3 is 0 Å². The van der Waals surface area contributed by atoms with Gasteiger partial charge in [-0.25, -0.2) is 0 Å². The molecule has 4 nitrogen and oxygen atoms in total. The first-order valence-corrected chi connectivity index (χ1v) is 18.8. The van der Waals surface area contributed by atoms with Gasteiger partial charge in [0.05, 0.1) is 5.76 Å². The molecule has 3 heterocycles. The molecule has 0 fully saturated rings. The van der Waals surface area contributed by atoms with E-state index in [1.165, 1.54) is 55.3 Å². The molecule has 0 unspecified atom stereocenters. The van der Waals surface area contributed by atoms with Crippen LogP contribution in [0.25, 0.3) is 49.0 Å². The van der Waals surface area contributed by atoms with E-state index < -0.39 is 0 Å². The summed E-state index contributed by atoms with van der Waals surface area (Å²) in [6, 6.07) is 20.0. The predicted octanol–water partition coefficient (Wildman–Crippen LogP) is 12.9. The van der Waals surface area contributed by atoms with Gasteiger partial charge in [0.2, 0.25) is 0 Å². The molecule has 3 aromatic heterocycles. The number of ketones is 1. The molecule has 0 aliphatic heterocycles. The van der Waals surface area contributed by atoms with E-state index in [9.17, 15) is 9.90 Å². The molecule has 6 rings (SSSR count). The van der Waals surface area contributed by atoms with Crippen molar-refractivity contribution in [2.45, 2.75) is 122 Å².